The third-order valence-electron chi connectivity index (χ3n) is 5.08. The predicted octanol–water partition coefficient (Wildman–Crippen LogP) is 1.76. The molecule has 116 valence electrons. The molecule has 2 fully saturated rings. The van der Waals surface area contributed by atoms with Gasteiger partial charge < -0.3 is 10.2 Å². The fourth-order valence-corrected chi connectivity index (χ4v) is 3.67. The average Bonchev–Trinajstić information content (AvgIpc) is 3.06. The van der Waals surface area contributed by atoms with Crippen LogP contribution in [0.3, 0.4) is 0 Å². The van der Waals surface area contributed by atoms with E-state index < -0.39 is 0 Å². The largest absolute Gasteiger partial charge is 0.338 e. The number of hydrogen-bond donors (Lipinski definition) is 1. The van der Waals surface area contributed by atoms with Gasteiger partial charge in [-0.2, -0.15) is 5.10 Å². The summed E-state index contributed by atoms with van der Waals surface area (Å²) in [6.07, 6.45) is 5.39. The van der Waals surface area contributed by atoms with Gasteiger partial charge in [0, 0.05) is 32.9 Å². The molecule has 0 bridgehead atoms. The zero-order chi connectivity index (χ0) is 15.0. The summed E-state index contributed by atoms with van der Waals surface area (Å²) in [6, 6.07) is 0. The van der Waals surface area contributed by atoms with Crippen LogP contribution in [0.4, 0.5) is 0 Å². The van der Waals surface area contributed by atoms with Crippen LogP contribution in [0.1, 0.15) is 55.1 Å². The fourth-order valence-electron chi connectivity index (χ4n) is 3.67. The third-order valence-corrected chi connectivity index (χ3v) is 5.08. The minimum Gasteiger partial charge on any atom is -0.338 e. The molecule has 0 radical (unpaired) electrons. The van der Waals surface area contributed by atoms with E-state index in [-0.39, 0.29) is 11.8 Å². The Balaban J connectivity index is 1.72. The lowest BCUT2D eigenvalue weighted by atomic mass is 9.78. The molecule has 0 saturated carbocycles. The first kappa shape index (κ1) is 14.6. The highest BCUT2D eigenvalue weighted by atomic mass is 16.2. The molecule has 0 unspecified atom stereocenters. The molecule has 5 heteroatoms. The maximum absolute atomic E-state index is 12.8. The third kappa shape index (κ3) is 2.71. The van der Waals surface area contributed by atoms with Crippen molar-refractivity contribution in [3.05, 3.63) is 17.5 Å². The number of carbonyl (C=O) groups is 1. The van der Waals surface area contributed by atoms with E-state index in [9.17, 15) is 4.79 Å². The summed E-state index contributed by atoms with van der Waals surface area (Å²) >= 11 is 0. The van der Waals surface area contributed by atoms with Crippen LogP contribution in [-0.4, -0.2) is 46.8 Å². The molecule has 0 aliphatic carbocycles. The lowest BCUT2D eigenvalue weighted by Gasteiger charge is -2.38. The van der Waals surface area contributed by atoms with E-state index in [2.05, 4.69) is 24.3 Å². The molecule has 1 spiro atoms. The second kappa shape index (κ2) is 5.44. The zero-order valence-electron chi connectivity index (χ0n) is 13.4. The summed E-state index contributed by atoms with van der Waals surface area (Å²) < 4.78 is 1.76. The number of nitrogens with one attached hydrogen (secondary N) is 1. The number of carbonyl (C=O) groups excluding carboxylic acids is 1. The molecule has 3 heterocycles. The summed E-state index contributed by atoms with van der Waals surface area (Å²) in [5, 5.41) is 7.93. The smallest absolute Gasteiger partial charge is 0.257 e. The van der Waals surface area contributed by atoms with Gasteiger partial charge in [0.1, 0.15) is 0 Å². The number of piperidine rings is 1. The van der Waals surface area contributed by atoms with E-state index in [1.807, 2.05) is 18.1 Å². The number of aromatic nitrogens is 2. The van der Waals surface area contributed by atoms with Gasteiger partial charge in [0.15, 0.2) is 0 Å². The highest BCUT2D eigenvalue weighted by Crippen LogP contribution is 2.37. The summed E-state index contributed by atoms with van der Waals surface area (Å²) in [4.78, 5) is 14.8. The molecule has 1 aromatic rings. The van der Waals surface area contributed by atoms with Crippen molar-refractivity contribution in [1.82, 2.24) is 20.0 Å². The number of likely N-dealkylation sites (tertiary alicyclic amines) is 1. The Morgan fingerprint density at radius 2 is 2.05 bits per heavy atom. The summed E-state index contributed by atoms with van der Waals surface area (Å²) in [5.74, 6) is 0.438. The van der Waals surface area contributed by atoms with Crippen LogP contribution in [0.25, 0.3) is 0 Å². The number of rotatable bonds is 2. The lowest BCUT2D eigenvalue weighted by Crippen LogP contribution is -2.44. The molecule has 21 heavy (non-hydrogen) atoms. The molecular formula is C16H26N4O. The van der Waals surface area contributed by atoms with Crippen LogP contribution < -0.4 is 5.32 Å². The maximum atomic E-state index is 12.8. The predicted molar refractivity (Wildman–Crippen MR) is 82.4 cm³/mol. The van der Waals surface area contributed by atoms with E-state index in [4.69, 9.17) is 0 Å². The van der Waals surface area contributed by atoms with Crippen molar-refractivity contribution in [2.24, 2.45) is 12.5 Å². The minimum atomic E-state index is 0.160. The average molecular weight is 290 g/mol. The maximum Gasteiger partial charge on any atom is 0.257 e. The Hall–Kier alpha value is -1.36. The van der Waals surface area contributed by atoms with Crippen molar-refractivity contribution in [2.75, 3.05) is 26.2 Å². The Morgan fingerprint density at radius 3 is 2.62 bits per heavy atom. The first-order valence-corrected chi connectivity index (χ1v) is 8.04. The SMILES string of the molecule is CC(C)c1nn(C)cc1C(=O)N1CCC2(CCNC2)CC1. The molecule has 1 N–H and O–H groups in total. The molecule has 0 aromatic carbocycles. The van der Waals surface area contributed by atoms with Crippen LogP contribution in [0.2, 0.25) is 0 Å². The van der Waals surface area contributed by atoms with E-state index in [1.165, 1.54) is 6.42 Å². The standard InChI is InChI=1S/C16H26N4O/c1-12(2)14-13(10-19(3)18-14)15(21)20-8-5-16(6-9-20)4-7-17-11-16/h10,12,17H,4-9,11H2,1-3H3. The first-order chi connectivity index (χ1) is 10.0. The molecular weight excluding hydrogens is 264 g/mol. The van der Waals surface area contributed by atoms with Crippen LogP contribution in [0, 0.1) is 5.41 Å². The number of amides is 1. The van der Waals surface area contributed by atoms with E-state index in [1.54, 1.807) is 4.68 Å². The summed E-state index contributed by atoms with van der Waals surface area (Å²) in [6.45, 7) is 8.20. The van der Waals surface area contributed by atoms with Crippen molar-refractivity contribution >= 4 is 5.91 Å². The Bertz CT molecular complexity index is 518. The second-order valence-corrected chi connectivity index (χ2v) is 6.98. The Labute approximate surface area is 126 Å². The van der Waals surface area contributed by atoms with Gasteiger partial charge in [-0.05, 0) is 37.1 Å². The molecule has 1 aromatic heterocycles. The van der Waals surface area contributed by atoms with Gasteiger partial charge in [-0.3, -0.25) is 9.48 Å². The molecule has 1 amide bonds. The number of hydrogen-bond acceptors (Lipinski definition) is 3. The van der Waals surface area contributed by atoms with Crippen molar-refractivity contribution in [2.45, 2.75) is 39.0 Å². The topological polar surface area (TPSA) is 50.2 Å². The fraction of sp³-hybridized carbons (Fsp3) is 0.750. The number of aryl methyl sites for hydroxylation is 1. The van der Waals surface area contributed by atoms with Crippen LogP contribution >= 0.6 is 0 Å². The zero-order valence-corrected chi connectivity index (χ0v) is 13.4. The molecule has 2 saturated heterocycles. The van der Waals surface area contributed by atoms with E-state index >= 15 is 0 Å². The molecule has 0 atom stereocenters. The van der Waals surface area contributed by atoms with E-state index in [0.29, 0.717) is 5.41 Å². The molecule has 5 nitrogen and oxygen atoms in total. The van der Waals surface area contributed by atoms with Gasteiger partial charge in [0.25, 0.3) is 5.91 Å². The highest BCUT2D eigenvalue weighted by molar-refractivity contribution is 5.95. The van der Waals surface area contributed by atoms with Crippen LogP contribution in [-0.2, 0) is 7.05 Å². The van der Waals surface area contributed by atoms with Gasteiger partial charge in [-0.1, -0.05) is 13.8 Å². The molecule has 2 aliphatic rings. The lowest BCUT2D eigenvalue weighted by molar-refractivity contribution is 0.0606. The minimum absolute atomic E-state index is 0.160. The summed E-state index contributed by atoms with van der Waals surface area (Å²) in [7, 11) is 1.89. The van der Waals surface area contributed by atoms with Gasteiger partial charge in [-0.25, -0.2) is 0 Å². The van der Waals surface area contributed by atoms with Crippen molar-refractivity contribution in [3.63, 3.8) is 0 Å². The van der Waals surface area contributed by atoms with Crippen molar-refractivity contribution in [1.29, 1.82) is 0 Å². The van der Waals surface area contributed by atoms with Crippen LogP contribution in [0.5, 0.6) is 0 Å². The van der Waals surface area contributed by atoms with Gasteiger partial charge in [0.2, 0.25) is 0 Å². The van der Waals surface area contributed by atoms with E-state index in [0.717, 1.165) is 50.3 Å². The van der Waals surface area contributed by atoms with Gasteiger partial charge in [0.05, 0.1) is 11.3 Å². The quantitative estimate of drug-likeness (QED) is 0.903. The highest BCUT2D eigenvalue weighted by Gasteiger charge is 2.38. The normalized spacial score (nSPS) is 21.4. The monoisotopic (exact) mass is 290 g/mol. The summed E-state index contributed by atoms with van der Waals surface area (Å²) in [5.41, 5.74) is 2.16. The Morgan fingerprint density at radius 1 is 1.33 bits per heavy atom. The first-order valence-electron chi connectivity index (χ1n) is 8.04. The van der Waals surface area contributed by atoms with Gasteiger partial charge >= 0.3 is 0 Å². The van der Waals surface area contributed by atoms with Gasteiger partial charge in [-0.15, -0.1) is 0 Å². The van der Waals surface area contributed by atoms with Crippen LogP contribution in [0.15, 0.2) is 6.20 Å². The molecule has 3 rings (SSSR count). The van der Waals surface area contributed by atoms with Crippen molar-refractivity contribution in [3.8, 4) is 0 Å². The molecule has 2 aliphatic heterocycles. The Kier molecular flexibility index (Phi) is 3.78. The number of nitrogens with zero attached hydrogens (tertiary/aromatic N) is 3. The second-order valence-electron chi connectivity index (χ2n) is 6.98. The van der Waals surface area contributed by atoms with Crippen molar-refractivity contribution < 1.29 is 4.79 Å².